The van der Waals surface area contributed by atoms with Gasteiger partial charge in [-0.05, 0) is 50.4 Å². The van der Waals surface area contributed by atoms with Crippen LogP contribution in [0.5, 0.6) is 0 Å². The lowest BCUT2D eigenvalue weighted by atomic mass is 10.1. The number of carbonyl (C=O) groups excluding carboxylic acids is 3. The van der Waals surface area contributed by atoms with Crippen LogP contribution in [-0.4, -0.2) is 57.0 Å². The predicted octanol–water partition coefficient (Wildman–Crippen LogP) is 3.86. The van der Waals surface area contributed by atoms with Gasteiger partial charge >= 0.3 is 6.09 Å². The molecule has 1 aromatic carbocycles. The lowest BCUT2D eigenvalue weighted by Crippen LogP contribution is -2.46. The molecular formula is C22H25F2N3O4S. The predicted molar refractivity (Wildman–Crippen MR) is 119 cm³/mol. The molecule has 2 fully saturated rings. The molecule has 0 saturated carbocycles. The molecule has 10 heteroatoms. The van der Waals surface area contributed by atoms with E-state index in [1.54, 1.807) is 31.3 Å². The zero-order chi connectivity index (χ0) is 23.3. The lowest BCUT2D eigenvalue weighted by molar-refractivity contribution is -0.125. The van der Waals surface area contributed by atoms with E-state index in [2.05, 4.69) is 5.32 Å². The third-order valence-corrected chi connectivity index (χ3v) is 5.98. The standard InChI is InChI=1S/C16H19F2N3O3.C6H6OS/c1-19-8-13-9-20(15(23)24-13)11-2-4-12(5-3-11)21-10-16(17,18)7-6-14(21)22;1-5-2-3-6(4-7)8-5/h2-5,13,19H,6-10H2,1H3;2-4H,1H3. The zero-order valence-electron chi connectivity index (χ0n) is 17.8. The van der Waals surface area contributed by atoms with Crippen molar-refractivity contribution in [2.75, 3.05) is 36.5 Å². The molecule has 2 amide bonds. The number of rotatable bonds is 5. The van der Waals surface area contributed by atoms with E-state index in [4.69, 9.17) is 4.74 Å². The fraction of sp³-hybridized carbons (Fsp3) is 0.409. The summed E-state index contributed by atoms with van der Waals surface area (Å²) >= 11 is 1.52. The van der Waals surface area contributed by atoms with Crippen LogP contribution in [-0.2, 0) is 9.53 Å². The molecule has 1 atom stereocenters. The Morgan fingerprint density at radius 2 is 1.81 bits per heavy atom. The Hall–Kier alpha value is -2.85. The highest BCUT2D eigenvalue weighted by Gasteiger charge is 2.39. The molecule has 0 aliphatic carbocycles. The van der Waals surface area contributed by atoms with Crippen LogP contribution in [0.15, 0.2) is 36.4 Å². The van der Waals surface area contributed by atoms with Crippen molar-refractivity contribution in [1.29, 1.82) is 0 Å². The molecule has 32 heavy (non-hydrogen) atoms. The summed E-state index contributed by atoms with van der Waals surface area (Å²) in [6.07, 6.45) is -0.378. The summed E-state index contributed by atoms with van der Waals surface area (Å²) in [6, 6.07) is 10.2. The molecule has 2 aliphatic rings. The van der Waals surface area contributed by atoms with Crippen molar-refractivity contribution in [3.63, 3.8) is 0 Å². The number of nitrogens with one attached hydrogen (secondary N) is 1. The minimum atomic E-state index is -2.87. The minimum Gasteiger partial charge on any atom is -0.443 e. The smallest absolute Gasteiger partial charge is 0.414 e. The minimum absolute atomic E-state index is 0.168. The van der Waals surface area contributed by atoms with E-state index in [0.29, 0.717) is 24.5 Å². The van der Waals surface area contributed by atoms with Gasteiger partial charge in [0.2, 0.25) is 5.91 Å². The van der Waals surface area contributed by atoms with Crippen LogP contribution in [0.25, 0.3) is 0 Å². The fourth-order valence-electron chi connectivity index (χ4n) is 3.45. The first-order valence-electron chi connectivity index (χ1n) is 10.1. The summed E-state index contributed by atoms with van der Waals surface area (Å²) in [6.45, 7) is 2.34. The second-order valence-corrected chi connectivity index (χ2v) is 8.91. The van der Waals surface area contributed by atoms with E-state index in [0.717, 1.165) is 16.1 Å². The van der Waals surface area contributed by atoms with Crippen LogP contribution in [0.3, 0.4) is 0 Å². The number of hydrogen-bond acceptors (Lipinski definition) is 6. The number of halogens is 2. The highest BCUT2D eigenvalue weighted by atomic mass is 32.1. The number of ether oxygens (including phenoxy) is 1. The van der Waals surface area contributed by atoms with Crippen molar-refractivity contribution in [2.45, 2.75) is 31.8 Å². The Balaban J connectivity index is 0.000000305. The molecule has 0 bridgehead atoms. The van der Waals surface area contributed by atoms with Crippen molar-refractivity contribution in [3.05, 3.63) is 46.2 Å². The quantitative estimate of drug-likeness (QED) is 0.679. The second-order valence-electron chi connectivity index (χ2n) is 7.59. The summed E-state index contributed by atoms with van der Waals surface area (Å²) in [5, 5.41) is 2.95. The van der Waals surface area contributed by atoms with Crippen molar-refractivity contribution >= 4 is 41.0 Å². The van der Waals surface area contributed by atoms with E-state index < -0.39 is 25.0 Å². The fourth-order valence-corrected chi connectivity index (χ4v) is 4.15. The molecular weight excluding hydrogens is 440 g/mol. The SMILES string of the molecule is CNCC1CN(c2ccc(N3CC(F)(F)CCC3=O)cc2)C(=O)O1.Cc1ccc(C=O)s1. The molecule has 0 radical (unpaired) electrons. The van der Waals surface area contributed by atoms with Gasteiger partial charge in [0.15, 0.2) is 6.29 Å². The first-order valence-corrected chi connectivity index (χ1v) is 11.0. The van der Waals surface area contributed by atoms with Gasteiger partial charge in [-0.3, -0.25) is 14.5 Å². The molecule has 2 aliphatic heterocycles. The molecule has 1 N–H and O–H groups in total. The number of aldehydes is 1. The number of cyclic esters (lactones) is 1. The number of thiophene rings is 1. The Kier molecular flexibility index (Phi) is 7.57. The molecule has 7 nitrogen and oxygen atoms in total. The number of amides is 2. The van der Waals surface area contributed by atoms with E-state index in [1.165, 1.54) is 21.1 Å². The Morgan fingerprint density at radius 1 is 1.16 bits per heavy atom. The van der Waals surface area contributed by atoms with E-state index in [9.17, 15) is 23.2 Å². The molecule has 1 aromatic heterocycles. The average molecular weight is 466 g/mol. The van der Waals surface area contributed by atoms with Crippen LogP contribution in [0.1, 0.15) is 27.4 Å². The number of hydrogen-bond donors (Lipinski definition) is 1. The van der Waals surface area contributed by atoms with Crippen molar-refractivity contribution < 1.29 is 27.9 Å². The topological polar surface area (TPSA) is 78.9 Å². The average Bonchev–Trinajstić information content (AvgIpc) is 3.36. The van der Waals surface area contributed by atoms with Crippen molar-refractivity contribution in [3.8, 4) is 0 Å². The van der Waals surface area contributed by atoms with Crippen molar-refractivity contribution in [2.24, 2.45) is 0 Å². The lowest BCUT2D eigenvalue weighted by Gasteiger charge is -2.32. The Bertz CT molecular complexity index is 964. The summed E-state index contributed by atoms with van der Waals surface area (Å²) in [5.74, 6) is -3.19. The van der Waals surface area contributed by atoms with Gasteiger partial charge in [-0.2, -0.15) is 0 Å². The van der Waals surface area contributed by atoms with Crippen LogP contribution in [0, 0.1) is 6.92 Å². The van der Waals surface area contributed by atoms with Gasteiger partial charge in [-0.1, -0.05) is 0 Å². The van der Waals surface area contributed by atoms with Crippen molar-refractivity contribution in [1.82, 2.24) is 5.32 Å². The summed E-state index contributed by atoms with van der Waals surface area (Å²) in [4.78, 5) is 38.4. The molecule has 0 spiro atoms. The van der Waals surface area contributed by atoms with Crippen LogP contribution < -0.4 is 15.1 Å². The molecule has 2 aromatic rings. The molecule has 1 unspecified atom stereocenters. The van der Waals surface area contributed by atoms with Gasteiger partial charge in [-0.15, -0.1) is 11.3 Å². The van der Waals surface area contributed by atoms with Gasteiger partial charge in [0, 0.05) is 35.6 Å². The number of aryl methyl sites for hydroxylation is 1. The van der Waals surface area contributed by atoms with E-state index in [-0.39, 0.29) is 18.4 Å². The van der Waals surface area contributed by atoms with Gasteiger partial charge in [0.25, 0.3) is 5.92 Å². The largest absolute Gasteiger partial charge is 0.443 e. The van der Waals surface area contributed by atoms with Crippen LogP contribution >= 0.6 is 11.3 Å². The number of carbonyl (C=O) groups is 3. The van der Waals surface area contributed by atoms with Gasteiger partial charge in [0.05, 0.1) is 18.0 Å². The highest BCUT2D eigenvalue weighted by molar-refractivity contribution is 7.13. The maximum atomic E-state index is 13.5. The maximum Gasteiger partial charge on any atom is 0.414 e. The number of alkyl halides is 2. The Morgan fingerprint density at radius 3 is 2.34 bits per heavy atom. The highest BCUT2D eigenvalue weighted by Crippen LogP contribution is 2.32. The van der Waals surface area contributed by atoms with Crippen LogP contribution in [0.4, 0.5) is 25.0 Å². The van der Waals surface area contributed by atoms with Gasteiger partial charge in [-0.25, -0.2) is 13.6 Å². The number of anilines is 2. The van der Waals surface area contributed by atoms with Gasteiger partial charge < -0.3 is 15.0 Å². The molecule has 172 valence electrons. The van der Waals surface area contributed by atoms with E-state index in [1.807, 2.05) is 19.1 Å². The first kappa shape index (κ1) is 23.8. The third-order valence-electron chi connectivity index (χ3n) is 5.05. The van der Waals surface area contributed by atoms with Crippen LogP contribution in [0.2, 0.25) is 0 Å². The monoisotopic (exact) mass is 465 g/mol. The molecule has 2 saturated heterocycles. The molecule has 4 rings (SSSR count). The number of nitrogens with zero attached hydrogens (tertiary/aromatic N) is 2. The number of piperidine rings is 1. The Labute approximate surface area is 189 Å². The third kappa shape index (κ3) is 5.89. The number of likely N-dealkylation sites (N-methyl/N-ethyl adjacent to an activating group) is 1. The van der Waals surface area contributed by atoms with Gasteiger partial charge in [0.1, 0.15) is 6.10 Å². The summed E-state index contributed by atoms with van der Waals surface area (Å²) in [7, 11) is 1.77. The molecule has 3 heterocycles. The second kappa shape index (κ2) is 10.2. The maximum absolute atomic E-state index is 13.5. The zero-order valence-corrected chi connectivity index (χ0v) is 18.7. The normalized spacial score (nSPS) is 19.9. The number of benzene rings is 1. The first-order chi connectivity index (χ1) is 15.2. The summed E-state index contributed by atoms with van der Waals surface area (Å²) in [5.41, 5.74) is 1.01. The van der Waals surface area contributed by atoms with E-state index >= 15 is 0 Å². The summed E-state index contributed by atoms with van der Waals surface area (Å²) < 4.78 is 32.3.